The van der Waals surface area contributed by atoms with Gasteiger partial charge in [0.1, 0.15) is 6.04 Å². The number of carbonyl (C=O) groups is 2. The summed E-state index contributed by atoms with van der Waals surface area (Å²) in [5.41, 5.74) is 0. The molecule has 0 rings (SSSR count). The molecule has 5 nitrogen and oxygen atoms in total. The average Bonchev–Trinajstić information content (AvgIpc) is 2.14. The molecule has 0 aliphatic heterocycles. The second-order valence-corrected chi connectivity index (χ2v) is 10.6. The summed E-state index contributed by atoms with van der Waals surface area (Å²) in [4.78, 5) is 22.0. The zero-order valence-corrected chi connectivity index (χ0v) is 11.7. The SMILES string of the molecule is C=CC[C@@H](NC(=O)OCC[Si](C)(C)C)C(=O)O. The summed E-state index contributed by atoms with van der Waals surface area (Å²) in [6, 6.07) is -0.105. The molecular weight excluding hydrogens is 238 g/mol. The van der Waals surface area contributed by atoms with Gasteiger partial charge in [0.2, 0.25) is 0 Å². The second kappa shape index (κ2) is 7.11. The third-order valence-electron chi connectivity index (χ3n) is 2.08. The summed E-state index contributed by atoms with van der Waals surface area (Å²) in [5.74, 6) is -1.09. The first-order valence-electron chi connectivity index (χ1n) is 5.53. The number of hydrogen-bond acceptors (Lipinski definition) is 3. The summed E-state index contributed by atoms with van der Waals surface area (Å²) < 4.78 is 4.93. The van der Waals surface area contributed by atoms with Gasteiger partial charge in [0, 0.05) is 8.07 Å². The monoisotopic (exact) mass is 259 g/mol. The lowest BCUT2D eigenvalue weighted by Gasteiger charge is -2.16. The van der Waals surface area contributed by atoms with Gasteiger partial charge >= 0.3 is 12.1 Å². The summed E-state index contributed by atoms with van der Waals surface area (Å²) in [6.45, 7) is 10.3. The fourth-order valence-electron chi connectivity index (χ4n) is 1.02. The van der Waals surface area contributed by atoms with E-state index in [0.29, 0.717) is 6.61 Å². The van der Waals surface area contributed by atoms with E-state index in [4.69, 9.17) is 9.84 Å². The van der Waals surface area contributed by atoms with Crippen molar-refractivity contribution in [3.05, 3.63) is 12.7 Å². The molecule has 0 aliphatic rings. The molecule has 98 valence electrons. The maximum Gasteiger partial charge on any atom is 0.407 e. The summed E-state index contributed by atoms with van der Waals surface area (Å²) in [7, 11) is -1.24. The molecule has 6 heteroatoms. The highest BCUT2D eigenvalue weighted by molar-refractivity contribution is 6.76. The molecule has 0 aromatic rings. The van der Waals surface area contributed by atoms with Gasteiger partial charge in [-0.25, -0.2) is 9.59 Å². The van der Waals surface area contributed by atoms with Gasteiger partial charge in [-0.2, -0.15) is 0 Å². The Kier molecular flexibility index (Phi) is 6.56. The zero-order valence-electron chi connectivity index (χ0n) is 10.7. The third-order valence-corrected chi connectivity index (χ3v) is 3.78. The van der Waals surface area contributed by atoms with Gasteiger partial charge in [-0.1, -0.05) is 25.7 Å². The summed E-state index contributed by atoms with van der Waals surface area (Å²) in [5, 5.41) is 11.1. The van der Waals surface area contributed by atoms with E-state index in [-0.39, 0.29) is 6.42 Å². The molecule has 0 aliphatic carbocycles. The molecule has 0 heterocycles. The summed E-state index contributed by atoms with van der Waals surface area (Å²) in [6.07, 6.45) is 0.942. The van der Waals surface area contributed by atoms with E-state index in [1.807, 2.05) is 0 Å². The van der Waals surface area contributed by atoms with Gasteiger partial charge in [-0.3, -0.25) is 0 Å². The van der Waals surface area contributed by atoms with E-state index in [9.17, 15) is 9.59 Å². The Bertz CT molecular complexity index is 286. The van der Waals surface area contributed by atoms with E-state index in [1.165, 1.54) is 6.08 Å². The van der Waals surface area contributed by atoms with Crippen LogP contribution in [-0.4, -0.2) is 37.9 Å². The molecular formula is C11H21NO4Si. The van der Waals surface area contributed by atoms with Crippen LogP contribution in [0.1, 0.15) is 6.42 Å². The zero-order chi connectivity index (χ0) is 13.5. The number of carbonyl (C=O) groups excluding carboxylic acids is 1. The number of amides is 1. The highest BCUT2D eigenvalue weighted by Gasteiger charge is 2.19. The maximum absolute atomic E-state index is 11.3. The van der Waals surface area contributed by atoms with Crippen molar-refractivity contribution in [1.82, 2.24) is 5.32 Å². The quantitative estimate of drug-likeness (QED) is 0.542. The molecule has 2 N–H and O–H groups in total. The molecule has 0 fully saturated rings. The topological polar surface area (TPSA) is 75.6 Å². The molecule has 0 spiro atoms. The number of carboxylic acid groups (broad SMARTS) is 1. The Morgan fingerprint density at radius 3 is 2.47 bits per heavy atom. The lowest BCUT2D eigenvalue weighted by molar-refractivity contribution is -0.139. The van der Waals surface area contributed by atoms with E-state index >= 15 is 0 Å². The molecule has 0 radical (unpaired) electrons. The number of ether oxygens (including phenoxy) is 1. The van der Waals surface area contributed by atoms with Crippen LogP contribution < -0.4 is 5.32 Å². The van der Waals surface area contributed by atoms with Crippen molar-refractivity contribution in [2.75, 3.05) is 6.61 Å². The van der Waals surface area contributed by atoms with Crippen molar-refractivity contribution in [3.8, 4) is 0 Å². The minimum atomic E-state index is -1.24. The van der Waals surface area contributed by atoms with Crippen LogP contribution in [0.4, 0.5) is 4.79 Å². The van der Waals surface area contributed by atoms with Crippen LogP contribution in [0.15, 0.2) is 12.7 Å². The molecule has 17 heavy (non-hydrogen) atoms. The van der Waals surface area contributed by atoms with Crippen LogP contribution in [0.2, 0.25) is 25.7 Å². The first-order chi connectivity index (χ1) is 7.76. The fraction of sp³-hybridized carbons (Fsp3) is 0.636. The van der Waals surface area contributed by atoms with Gasteiger partial charge in [-0.15, -0.1) is 6.58 Å². The normalized spacial score (nSPS) is 12.6. The van der Waals surface area contributed by atoms with Crippen molar-refractivity contribution in [2.24, 2.45) is 0 Å². The van der Waals surface area contributed by atoms with Gasteiger partial charge in [0.15, 0.2) is 0 Å². The number of alkyl carbamates (subject to hydrolysis) is 1. The second-order valence-electron chi connectivity index (χ2n) is 5.01. The Morgan fingerprint density at radius 2 is 2.06 bits per heavy atom. The average molecular weight is 259 g/mol. The minimum absolute atomic E-state index is 0.179. The largest absolute Gasteiger partial charge is 0.480 e. The predicted octanol–water partition coefficient (Wildman–Crippen LogP) is 2.08. The minimum Gasteiger partial charge on any atom is -0.480 e. The van der Waals surface area contributed by atoms with E-state index in [2.05, 4.69) is 31.5 Å². The molecule has 1 atom stereocenters. The lowest BCUT2D eigenvalue weighted by Crippen LogP contribution is -2.41. The number of aliphatic carboxylic acids is 1. The fourth-order valence-corrected chi connectivity index (χ4v) is 1.74. The first-order valence-corrected chi connectivity index (χ1v) is 9.24. The highest BCUT2D eigenvalue weighted by Crippen LogP contribution is 2.07. The van der Waals surface area contributed by atoms with E-state index < -0.39 is 26.2 Å². The number of hydrogen-bond donors (Lipinski definition) is 2. The molecule has 0 aromatic carbocycles. The Morgan fingerprint density at radius 1 is 1.47 bits per heavy atom. The highest BCUT2D eigenvalue weighted by atomic mass is 28.3. The predicted molar refractivity (Wildman–Crippen MR) is 68.9 cm³/mol. The lowest BCUT2D eigenvalue weighted by atomic mass is 10.2. The van der Waals surface area contributed by atoms with Crippen LogP contribution in [0, 0.1) is 0 Å². The smallest absolute Gasteiger partial charge is 0.407 e. The van der Waals surface area contributed by atoms with Gasteiger partial charge < -0.3 is 15.2 Å². The van der Waals surface area contributed by atoms with Crippen LogP contribution in [-0.2, 0) is 9.53 Å². The molecule has 0 saturated carbocycles. The molecule has 0 bridgehead atoms. The maximum atomic E-state index is 11.3. The van der Waals surface area contributed by atoms with Crippen molar-refractivity contribution < 1.29 is 19.4 Å². The number of nitrogens with one attached hydrogen (secondary N) is 1. The van der Waals surface area contributed by atoms with Crippen LogP contribution >= 0.6 is 0 Å². The Hall–Kier alpha value is -1.30. The first kappa shape index (κ1) is 15.7. The van der Waals surface area contributed by atoms with Crippen molar-refractivity contribution >= 4 is 20.1 Å². The number of carboxylic acids is 1. The van der Waals surface area contributed by atoms with Crippen molar-refractivity contribution in [1.29, 1.82) is 0 Å². The van der Waals surface area contributed by atoms with E-state index in [0.717, 1.165) is 6.04 Å². The van der Waals surface area contributed by atoms with Gasteiger partial charge in [0.25, 0.3) is 0 Å². The molecule has 1 amide bonds. The third kappa shape index (κ3) is 8.50. The van der Waals surface area contributed by atoms with Crippen molar-refractivity contribution in [3.63, 3.8) is 0 Å². The van der Waals surface area contributed by atoms with E-state index in [1.54, 1.807) is 0 Å². The van der Waals surface area contributed by atoms with Crippen molar-refractivity contribution in [2.45, 2.75) is 38.1 Å². The molecule has 0 saturated heterocycles. The standard InChI is InChI=1S/C11H21NO4Si/c1-5-6-9(10(13)14)12-11(15)16-7-8-17(2,3)4/h5,9H,1,6-8H2,2-4H3,(H,12,15)(H,13,14)/t9-/m1/s1. The molecule has 0 unspecified atom stereocenters. The number of rotatable bonds is 7. The van der Waals surface area contributed by atoms with Crippen LogP contribution in [0.25, 0.3) is 0 Å². The van der Waals surface area contributed by atoms with Crippen LogP contribution in [0.5, 0.6) is 0 Å². The van der Waals surface area contributed by atoms with Crippen LogP contribution in [0.3, 0.4) is 0 Å². The van der Waals surface area contributed by atoms with Gasteiger partial charge in [0.05, 0.1) is 6.61 Å². The Balaban J connectivity index is 3.99. The van der Waals surface area contributed by atoms with Gasteiger partial charge in [-0.05, 0) is 12.5 Å². The summed E-state index contributed by atoms with van der Waals surface area (Å²) >= 11 is 0. The Labute approximate surface area is 103 Å². The molecule has 0 aromatic heterocycles.